The van der Waals surface area contributed by atoms with Crippen molar-refractivity contribution in [1.29, 1.82) is 0 Å². The van der Waals surface area contributed by atoms with Crippen molar-refractivity contribution in [1.82, 2.24) is 4.90 Å². The third-order valence-electron chi connectivity index (χ3n) is 2.11. The summed E-state index contributed by atoms with van der Waals surface area (Å²) in [5, 5.41) is 0. The number of esters is 1. The molecule has 0 aliphatic heterocycles. The fourth-order valence-electron chi connectivity index (χ4n) is 1.38. The van der Waals surface area contributed by atoms with E-state index in [1.807, 2.05) is 13.0 Å². The van der Waals surface area contributed by atoms with E-state index < -0.39 is 5.97 Å². The van der Waals surface area contributed by atoms with Crippen LogP contribution >= 0.6 is 0 Å². The molecule has 0 saturated heterocycles. The summed E-state index contributed by atoms with van der Waals surface area (Å²) in [6.45, 7) is 9.64. The first kappa shape index (κ1) is 15.4. The van der Waals surface area contributed by atoms with Gasteiger partial charge in [0.05, 0.1) is 6.61 Å². The number of carbonyl (C=O) groups is 2. The minimum atomic E-state index is -0.396. The Morgan fingerprint density at radius 3 is 2.47 bits per heavy atom. The van der Waals surface area contributed by atoms with E-state index in [1.165, 1.54) is 4.90 Å². The highest BCUT2D eigenvalue weighted by Gasteiger charge is 2.17. The van der Waals surface area contributed by atoms with Gasteiger partial charge in [0.2, 0.25) is 5.91 Å². The molecule has 0 aliphatic rings. The Morgan fingerprint density at radius 2 is 2.00 bits per heavy atom. The Kier molecular flexibility index (Phi) is 7.76. The first-order valence-corrected chi connectivity index (χ1v) is 5.79. The molecule has 0 rings (SSSR count). The maximum atomic E-state index is 12.0. The van der Waals surface area contributed by atoms with E-state index >= 15 is 0 Å². The summed E-state index contributed by atoms with van der Waals surface area (Å²) in [5.41, 5.74) is 0.638. The molecule has 0 atom stereocenters. The van der Waals surface area contributed by atoms with Crippen molar-refractivity contribution in [3.8, 4) is 0 Å². The molecule has 0 spiro atoms. The molecule has 0 fully saturated rings. The van der Waals surface area contributed by atoms with E-state index in [2.05, 4.69) is 6.58 Å². The lowest BCUT2D eigenvalue weighted by Crippen LogP contribution is -2.37. The van der Waals surface area contributed by atoms with Gasteiger partial charge in [0.1, 0.15) is 6.54 Å². The number of ether oxygens (including phenoxy) is 1. The van der Waals surface area contributed by atoms with Gasteiger partial charge in [-0.1, -0.05) is 19.1 Å². The van der Waals surface area contributed by atoms with Crippen LogP contribution in [-0.2, 0) is 14.3 Å². The van der Waals surface area contributed by atoms with Crippen LogP contribution in [-0.4, -0.2) is 36.5 Å². The van der Waals surface area contributed by atoms with Crippen molar-refractivity contribution in [2.75, 3.05) is 19.7 Å². The van der Waals surface area contributed by atoms with E-state index in [1.54, 1.807) is 19.9 Å². The Hall–Kier alpha value is -1.58. The van der Waals surface area contributed by atoms with Crippen LogP contribution in [0.3, 0.4) is 0 Å². The first-order chi connectivity index (χ1) is 8.06. The van der Waals surface area contributed by atoms with Crippen molar-refractivity contribution in [2.45, 2.75) is 27.2 Å². The lowest BCUT2D eigenvalue weighted by Gasteiger charge is -2.20. The van der Waals surface area contributed by atoms with Crippen LogP contribution in [0.1, 0.15) is 27.2 Å². The second-order valence-electron chi connectivity index (χ2n) is 3.57. The predicted molar refractivity (Wildman–Crippen MR) is 67.5 cm³/mol. The maximum absolute atomic E-state index is 12.0. The van der Waals surface area contributed by atoms with E-state index in [-0.39, 0.29) is 12.5 Å². The second-order valence-corrected chi connectivity index (χ2v) is 3.57. The molecule has 0 saturated carbocycles. The minimum Gasteiger partial charge on any atom is -0.465 e. The molecular weight excluding hydrogens is 218 g/mol. The molecule has 4 nitrogen and oxygen atoms in total. The Balaban J connectivity index is 4.61. The predicted octanol–water partition coefficient (Wildman–Crippen LogP) is 1.92. The number of hydrogen-bond acceptors (Lipinski definition) is 3. The summed E-state index contributed by atoms with van der Waals surface area (Å²) in [5.74, 6) is -0.549. The molecule has 96 valence electrons. The zero-order valence-electron chi connectivity index (χ0n) is 10.9. The summed E-state index contributed by atoms with van der Waals surface area (Å²) in [4.78, 5) is 24.7. The molecule has 0 N–H and O–H groups in total. The van der Waals surface area contributed by atoms with Gasteiger partial charge < -0.3 is 9.64 Å². The quantitative estimate of drug-likeness (QED) is 0.387. The van der Waals surface area contributed by atoms with Gasteiger partial charge in [0.15, 0.2) is 0 Å². The van der Waals surface area contributed by atoms with Gasteiger partial charge in [-0.25, -0.2) is 0 Å². The Bertz CT molecular complexity index is 308. The number of nitrogens with zero attached hydrogens (tertiary/aromatic N) is 1. The molecular formula is C13H21NO3. The largest absolute Gasteiger partial charge is 0.465 e. The summed E-state index contributed by atoms with van der Waals surface area (Å²) >= 11 is 0. The average molecular weight is 239 g/mol. The van der Waals surface area contributed by atoms with Crippen LogP contribution in [0.5, 0.6) is 0 Å². The molecule has 17 heavy (non-hydrogen) atoms. The third-order valence-corrected chi connectivity index (χ3v) is 2.11. The lowest BCUT2D eigenvalue weighted by molar-refractivity contribution is -0.147. The zero-order valence-corrected chi connectivity index (χ0v) is 10.9. The summed E-state index contributed by atoms with van der Waals surface area (Å²) in [6, 6.07) is 0. The molecule has 0 bridgehead atoms. The standard InChI is InChI=1S/C13H21NO3/c1-5-8-11(4)13(16)14(9-6-2)10-12(15)17-7-3/h6,8H,2,5,7,9-10H2,1,3-4H3/b11-8+. The number of amides is 1. The third kappa shape index (κ3) is 5.90. The Labute approximate surface area is 103 Å². The van der Waals surface area contributed by atoms with Crippen molar-refractivity contribution < 1.29 is 14.3 Å². The van der Waals surface area contributed by atoms with Gasteiger partial charge >= 0.3 is 5.97 Å². The molecule has 0 unspecified atom stereocenters. The maximum Gasteiger partial charge on any atom is 0.325 e. The first-order valence-electron chi connectivity index (χ1n) is 5.79. The SMILES string of the molecule is C=CCN(CC(=O)OCC)C(=O)/C(C)=C/CC. The highest BCUT2D eigenvalue weighted by molar-refractivity contribution is 5.94. The van der Waals surface area contributed by atoms with Crippen LogP contribution in [0.15, 0.2) is 24.3 Å². The Morgan fingerprint density at radius 1 is 1.35 bits per heavy atom. The molecule has 4 heteroatoms. The molecule has 0 aromatic heterocycles. The molecule has 0 aliphatic carbocycles. The molecule has 0 radical (unpaired) electrons. The van der Waals surface area contributed by atoms with Gasteiger partial charge in [0, 0.05) is 12.1 Å². The topological polar surface area (TPSA) is 46.6 Å². The summed E-state index contributed by atoms with van der Waals surface area (Å²) in [7, 11) is 0. The van der Waals surface area contributed by atoms with Crippen LogP contribution in [0.4, 0.5) is 0 Å². The van der Waals surface area contributed by atoms with Gasteiger partial charge in [-0.15, -0.1) is 6.58 Å². The number of carbonyl (C=O) groups excluding carboxylic acids is 2. The van der Waals surface area contributed by atoms with Crippen LogP contribution in [0.2, 0.25) is 0 Å². The van der Waals surface area contributed by atoms with Gasteiger partial charge in [-0.05, 0) is 20.3 Å². The molecule has 0 heterocycles. The monoisotopic (exact) mass is 239 g/mol. The molecule has 0 aromatic carbocycles. The average Bonchev–Trinajstić information content (AvgIpc) is 2.28. The van der Waals surface area contributed by atoms with Crippen LogP contribution in [0.25, 0.3) is 0 Å². The zero-order chi connectivity index (χ0) is 13.3. The summed E-state index contributed by atoms with van der Waals surface area (Å²) < 4.78 is 4.82. The highest BCUT2D eigenvalue weighted by atomic mass is 16.5. The van der Waals surface area contributed by atoms with E-state index in [0.29, 0.717) is 18.7 Å². The van der Waals surface area contributed by atoms with Crippen LogP contribution < -0.4 is 0 Å². The fourth-order valence-corrected chi connectivity index (χ4v) is 1.38. The van der Waals surface area contributed by atoms with E-state index in [0.717, 1.165) is 6.42 Å². The van der Waals surface area contributed by atoms with Crippen molar-refractivity contribution in [3.05, 3.63) is 24.3 Å². The van der Waals surface area contributed by atoms with Crippen molar-refractivity contribution >= 4 is 11.9 Å². The van der Waals surface area contributed by atoms with Gasteiger partial charge in [-0.2, -0.15) is 0 Å². The second kappa shape index (κ2) is 8.56. The molecule has 0 aromatic rings. The highest BCUT2D eigenvalue weighted by Crippen LogP contribution is 2.03. The number of hydrogen-bond donors (Lipinski definition) is 0. The number of allylic oxidation sites excluding steroid dienone is 1. The van der Waals surface area contributed by atoms with Crippen LogP contribution in [0, 0.1) is 0 Å². The van der Waals surface area contributed by atoms with Crippen molar-refractivity contribution in [2.24, 2.45) is 0 Å². The normalized spacial score (nSPS) is 10.9. The summed E-state index contributed by atoms with van der Waals surface area (Å²) in [6.07, 6.45) is 4.22. The van der Waals surface area contributed by atoms with Gasteiger partial charge in [0.25, 0.3) is 0 Å². The lowest BCUT2D eigenvalue weighted by atomic mass is 10.2. The molecule has 1 amide bonds. The van der Waals surface area contributed by atoms with E-state index in [9.17, 15) is 9.59 Å². The van der Waals surface area contributed by atoms with Gasteiger partial charge in [-0.3, -0.25) is 9.59 Å². The van der Waals surface area contributed by atoms with E-state index in [4.69, 9.17) is 4.74 Å². The fraction of sp³-hybridized carbons (Fsp3) is 0.538. The van der Waals surface area contributed by atoms with Crippen molar-refractivity contribution in [3.63, 3.8) is 0 Å². The number of rotatable bonds is 7. The minimum absolute atomic E-state index is 0.0341. The smallest absolute Gasteiger partial charge is 0.325 e.